The fraction of sp³-hybridized carbons (Fsp3) is 0.105. The number of nitrogens with zero attached hydrogens (tertiary/aromatic N) is 2. The highest BCUT2D eigenvalue weighted by molar-refractivity contribution is 6.30. The Kier molecular flexibility index (Phi) is 5.60. The Labute approximate surface area is 165 Å². The van der Waals surface area contributed by atoms with E-state index < -0.39 is 11.7 Å². The van der Waals surface area contributed by atoms with Crippen LogP contribution >= 0.6 is 11.6 Å². The fourth-order valence-electron chi connectivity index (χ4n) is 2.55. The van der Waals surface area contributed by atoms with E-state index in [1.165, 1.54) is 44.5 Å². The average molecular weight is 403 g/mol. The molecule has 0 aliphatic heterocycles. The molecule has 2 heterocycles. The minimum absolute atomic E-state index is 0.0943. The predicted octanol–water partition coefficient (Wildman–Crippen LogP) is 4.35. The predicted molar refractivity (Wildman–Crippen MR) is 105 cm³/mol. The Morgan fingerprint density at radius 1 is 1.21 bits per heavy atom. The standard InChI is InChI=1S/C19H16ClFN4O3/c1-10(26)23-17-8-12(5-6-22-17)24-16-9-14(18(27)25-19(16)28-2)13-7-11(20)3-4-15(13)21/h3-9H,1-2H3,(H,25,27)(H2,22,23,24,26). The number of benzene rings is 1. The summed E-state index contributed by atoms with van der Waals surface area (Å²) in [6.07, 6.45) is 1.51. The number of methoxy groups -OCH3 is 1. The maximum atomic E-state index is 14.3. The molecule has 28 heavy (non-hydrogen) atoms. The molecule has 0 radical (unpaired) electrons. The molecule has 1 amide bonds. The molecule has 0 aliphatic rings. The zero-order valence-corrected chi connectivity index (χ0v) is 15.7. The molecule has 3 aromatic rings. The van der Waals surface area contributed by atoms with E-state index in [-0.39, 0.29) is 22.9 Å². The van der Waals surface area contributed by atoms with Gasteiger partial charge in [-0.15, -0.1) is 0 Å². The van der Waals surface area contributed by atoms with Crippen molar-refractivity contribution in [3.8, 4) is 22.9 Å². The zero-order valence-electron chi connectivity index (χ0n) is 15.0. The topological polar surface area (TPSA) is 96.4 Å². The van der Waals surface area contributed by atoms with Crippen molar-refractivity contribution < 1.29 is 19.0 Å². The lowest BCUT2D eigenvalue weighted by atomic mass is 10.1. The number of hydrogen-bond donors (Lipinski definition) is 3. The maximum absolute atomic E-state index is 14.3. The van der Waals surface area contributed by atoms with Gasteiger partial charge in [-0.1, -0.05) is 11.6 Å². The molecule has 7 nitrogen and oxygen atoms in total. The number of carbonyl (C=O) groups is 1. The van der Waals surface area contributed by atoms with Crippen molar-refractivity contribution in [3.63, 3.8) is 0 Å². The molecule has 0 bridgehead atoms. The summed E-state index contributed by atoms with van der Waals surface area (Å²) in [6, 6.07) is 8.77. The number of ether oxygens (including phenoxy) is 1. The van der Waals surface area contributed by atoms with Crippen LogP contribution in [0.3, 0.4) is 0 Å². The zero-order chi connectivity index (χ0) is 20.3. The molecule has 1 aromatic carbocycles. The van der Waals surface area contributed by atoms with E-state index >= 15 is 0 Å². The molecule has 9 heteroatoms. The lowest BCUT2D eigenvalue weighted by Gasteiger charge is -2.14. The van der Waals surface area contributed by atoms with Gasteiger partial charge in [-0.2, -0.15) is 4.98 Å². The Hall–Kier alpha value is -3.39. The summed E-state index contributed by atoms with van der Waals surface area (Å²) in [6.45, 7) is 1.38. The van der Waals surface area contributed by atoms with Gasteiger partial charge in [0.05, 0.1) is 7.11 Å². The van der Waals surface area contributed by atoms with E-state index in [0.717, 1.165) is 0 Å². The third-order valence-corrected chi connectivity index (χ3v) is 3.96. The van der Waals surface area contributed by atoms with Gasteiger partial charge in [0.25, 0.3) is 0 Å². The third-order valence-electron chi connectivity index (χ3n) is 3.72. The molecule has 0 spiro atoms. The Morgan fingerprint density at radius 2 is 2.00 bits per heavy atom. The molecule has 0 fully saturated rings. The van der Waals surface area contributed by atoms with Gasteiger partial charge < -0.3 is 20.5 Å². The van der Waals surface area contributed by atoms with Crippen LogP contribution in [0.2, 0.25) is 5.02 Å². The molecule has 3 N–H and O–H groups in total. The van der Waals surface area contributed by atoms with Crippen molar-refractivity contribution in [2.24, 2.45) is 0 Å². The molecule has 0 aliphatic carbocycles. The first-order valence-corrected chi connectivity index (χ1v) is 8.49. The van der Waals surface area contributed by atoms with Crippen molar-refractivity contribution in [2.75, 3.05) is 17.7 Å². The lowest BCUT2D eigenvalue weighted by Crippen LogP contribution is -2.07. The SMILES string of the molecule is COc1nc(O)c(-c2cc(Cl)ccc2F)cc1Nc1ccnc(NC(C)=O)c1. The van der Waals surface area contributed by atoms with Crippen molar-refractivity contribution in [2.45, 2.75) is 6.92 Å². The highest BCUT2D eigenvalue weighted by atomic mass is 35.5. The molecular weight excluding hydrogens is 387 g/mol. The van der Waals surface area contributed by atoms with Gasteiger partial charge in [0.1, 0.15) is 17.3 Å². The largest absolute Gasteiger partial charge is 0.493 e. The highest BCUT2D eigenvalue weighted by Crippen LogP contribution is 2.38. The number of carbonyl (C=O) groups excluding carboxylic acids is 1. The quantitative estimate of drug-likeness (QED) is 0.587. The van der Waals surface area contributed by atoms with Gasteiger partial charge >= 0.3 is 0 Å². The number of aromatic hydroxyl groups is 1. The number of amides is 1. The number of hydrogen-bond acceptors (Lipinski definition) is 6. The number of nitrogens with one attached hydrogen (secondary N) is 2. The van der Waals surface area contributed by atoms with E-state index in [1.54, 1.807) is 12.1 Å². The molecule has 0 saturated heterocycles. The second-order valence-corrected chi connectivity index (χ2v) is 6.21. The minimum atomic E-state index is -0.561. The number of rotatable bonds is 5. The monoisotopic (exact) mass is 402 g/mol. The van der Waals surface area contributed by atoms with Crippen LogP contribution in [0.5, 0.6) is 11.8 Å². The number of aromatic nitrogens is 2. The van der Waals surface area contributed by atoms with Crippen molar-refractivity contribution in [1.82, 2.24) is 9.97 Å². The first-order valence-electron chi connectivity index (χ1n) is 8.11. The fourth-order valence-corrected chi connectivity index (χ4v) is 2.72. The first kappa shape index (κ1) is 19.4. The number of anilines is 3. The Balaban J connectivity index is 2.03. The van der Waals surface area contributed by atoms with Crippen LogP contribution in [0.25, 0.3) is 11.1 Å². The summed E-state index contributed by atoms with van der Waals surface area (Å²) < 4.78 is 19.5. The van der Waals surface area contributed by atoms with E-state index in [0.29, 0.717) is 22.2 Å². The second-order valence-electron chi connectivity index (χ2n) is 5.78. The average Bonchev–Trinajstić information content (AvgIpc) is 2.64. The maximum Gasteiger partial charge on any atom is 0.240 e. The van der Waals surface area contributed by atoms with E-state index in [1.807, 2.05) is 0 Å². The molecule has 0 unspecified atom stereocenters. The summed E-state index contributed by atoms with van der Waals surface area (Å²) in [5.41, 5.74) is 1.17. The summed E-state index contributed by atoms with van der Waals surface area (Å²) in [5, 5.41) is 16.2. The summed E-state index contributed by atoms with van der Waals surface area (Å²) in [4.78, 5) is 19.2. The van der Waals surface area contributed by atoms with Gasteiger partial charge in [-0.05, 0) is 30.3 Å². The highest BCUT2D eigenvalue weighted by Gasteiger charge is 2.17. The third kappa shape index (κ3) is 4.29. The Morgan fingerprint density at radius 3 is 2.71 bits per heavy atom. The summed E-state index contributed by atoms with van der Waals surface area (Å²) in [7, 11) is 1.39. The molecule has 3 rings (SSSR count). The van der Waals surface area contributed by atoms with Crippen molar-refractivity contribution in [3.05, 3.63) is 53.4 Å². The van der Waals surface area contributed by atoms with E-state index in [4.69, 9.17) is 16.3 Å². The summed E-state index contributed by atoms with van der Waals surface area (Å²) in [5.74, 6) is -0.773. The minimum Gasteiger partial charge on any atom is -0.493 e. The van der Waals surface area contributed by atoms with Gasteiger partial charge in [0.2, 0.25) is 17.7 Å². The van der Waals surface area contributed by atoms with Crippen LogP contribution in [0, 0.1) is 5.82 Å². The summed E-state index contributed by atoms with van der Waals surface area (Å²) >= 11 is 5.96. The first-order chi connectivity index (χ1) is 13.4. The number of pyridine rings is 2. The van der Waals surface area contributed by atoms with Gasteiger partial charge in [-0.25, -0.2) is 9.37 Å². The van der Waals surface area contributed by atoms with Crippen LogP contribution in [0.4, 0.5) is 21.6 Å². The van der Waals surface area contributed by atoms with Crippen LogP contribution in [0.1, 0.15) is 6.92 Å². The lowest BCUT2D eigenvalue weighted by molar-refractivity contribution is -0.114. The van der Waals surface area contributed by atoms with Crippen LogP contribution in [-0.2, 0) is 4.79 Å². The smallest absolute Gasteiger partial charge is 0.240 e. The molecule has 144 valence electrons. The van der Waals surface area contributed by atoms with E-state index in [2.05, 4.69) is 20.6 Å². The molecule has 0 saturated carbocycles. The van der Waals surface area contributed by atoms with Crippen LogP contribution < -0.4 is 15.4 Å². The van der Waals surface area contributed by atoms with Crippen LogP contribution in [-0.4, -0.2) is 28.1 Å². The van der Waals surface area contributed by atoms with Crippen molar-refractivity contribution >= 4 is 34.7 Å². The number of halogens is 2. The molecule has 0 atom stereocenters. The van der Waals surface area contributed by atoms with Gasteiger partial charge in [0, 0.05) is 41.0 Å². The van der Waals surface area contributed by atoms with Crippen molar-refractivity contribution in [1.29, 1.82) is 0 Å². The Bertz CT molecular complexity index is 1050. The van der Waals surface area contributed by atoms with Crippen LogP contribution in [0.15, 0.2) is 42.6 Å². The molecular formula is C19H16ClFN4O3. The van der Waals surface area contributed by atoms with Gasteiger partial charge in [-0.3, -0.25) is 4.79 Å². The second kappa shape index (κ2) is 8.10. The normalized spacial score (nSPS) is 10.4. The van der Waals surface area contributed by atoms with Gasteiger partial charge in [0.15, 0.2) is 0 Å². The molecule has 2 aromatic heterocycles. The van der Waals surface area contributed by atoms with E-state index in [9.17, 15) is 14.3 Å².